The van der Waals surface area contributed by atoms with E-state index in [9.17, 15) is 0 Å². The van der Waals surface area contributed by atoms with Gasteiger partial charge in [-0.15, -0.1) is 0 Å². The van der Waals surface area contributed by atoms with Crippen molar-refractivity contribution in [3.63, 3.8) is 0 Å². The van der Waals surface area contributed by atoms with Gasteiger partial charge in [0.05, 0.1) is 6.61 Å². The molecule has 0 saturated carbocycles. The largest absolute Gasteiger partial charge is 0.383 e. The number of methoxy groups -OCH3 is 1. The molecule has 1 atom stereocenters. The Kier molecular flexibility index (Phi) is 4.99. The van der Waals surface area contributed by atoms with Gasteiger partial charge in [-0.3, -0.25) is 0 Å². The smallest absolute Gasteiger partial charge is 0.0626 e. The summed E-state index contributed by atoms with van der Waals surface area (Å²) in [6.45, 7) is 4.02. The monoisotopic (exact) mass is 190 g/mol. The van der Waals surface area contributed by atoms with Crippen LogP contribution in [0.25, 0.3) is 0 Å². The minimum absolute atomic E-state index is 0.179. The van der Waals surface area contributed by atoms with Crippen molar-refractivity contribution in [2.24, 2.45) is 5.73 Å². The highest BCUT2D eigenvalue weighted by Crippen LogP contribution is 2.08. The zero-order valence-corrected chi connectivity index (χ0v) is 8.48. The van der Waals surface area contributed by atoms with Crippen LogP contribution in [0.5, 0.6) is 0 Å². The van der Waals surface area contributed by atoms with E-state index in [-0.39, 0.29) is 6.04 Å². The van der Waals surface area contributed by atoms with E-state index in [4.69, 9.17) is 10.5 Å². The molecule has 0 spiro atoms. The van der Waals surface area contributed by atoms with Crippen LogP contribution in [-0.4, -0.2) is 55.8 Å². The zero-order chi connectivity index (χ0) is 8.81. The average Bonchev–Trinajstić information content (AvgIpc) is 2.06. The first kappa shape index (κ1) is 10.3. The molecule has 1 fully saturated rings. The van der Waals surface area contributed by atoms with Crippen LogP contribution in [0.3, 0.4) is 0 Å². The molecule has 1 saturated heterocycles. The van der Waals surface area contributed by atoms with Gasteiger partial charge < -0.3 is 15.4 Å². The van der Waals surface area contributed by atoms with Crippen LogP contribution in [0.1, 0.15) is 0 Å². The maximum atomic E-state index is 5.84. The van der Waals surface area contributed by atoms with Gasteiger partial charge in [-0.2, -0.15) is 11.8 Å². The molecule has 1 rings (SSSR count). The fourth-order valence-corrected chi connectivity index (χ4v) is 2.36. The van der Waals surface area contributed by atoms with Crippen LogP contribution in [0, 0.1) is 0 Å². The Morgan fingerprint density at radius 3 is 2.75 bits per heavy atom. The lowest BCUT2D eigenvalue weighted by molar-refractivity contribution is 0.157. The van der Waals surface area contributed by atoms with Crippen molar-refractivity contribution >= 4 is 11.8 Å². The first-order valence-corrected chi connectivity index (χ1v) is 5.53. The Bertz CT molecular complexity index is 118. The minimum atomic E-state index is 0.179. The van der Waals surface area contributed by atoms with Gasteiger partial charge in [0, 0.05) is 44.3 Å². The van der Waals surface area contributed by atoms with Crippen molar-refractivity contribution in [2.75, 3.05) is 44.9 Å². The van der Waals surface area contributed by atoms with E-state index in [0.717, 1.165) is 6.54 Å². The summed E-state index contributed by atoms with van der Waals surface area (Å²) in [4.78, 5) is 2.42. The van der Waals surface area contributed by atoms with Gasteiger partial charge in [0.1, 0.15) is 0 Å². The maximum Gasteiger partial charge on any atom is 0.0626 e. The topological polar surface area (TPSA) is 38.5 Å². The second kappa shape index (κ2) is 5.80. The predicted octanol–water partition coefficient (Wildman–Crippen LogP) is 0.00890. The molecule has 0 radical (unpaired) electrons. The van der Waals surface area contributed by atoms with Crippen molar-refractivity contribution in [3.8, 4) is 0 Å². The average molecular weight is 190 g/mol. The molecular formula is C8H18N2OS. The molecule has 2 N–H and O–H groups in total. The highest BCUT2D eigenvalue weighted by molar-refractivity contribution is 7.99. The third-order valence-corrected chi connectivity index (χ3v) is 2.92. The number of hydrogen-bond donors (Lipinski definition) is 1. The molecule has 3 nitrogen and oxygen atoms in total. The Morgan fingerprint density at radius 1 is 1.50 bits per heavy atom. The van der Waals surface area contributed by atoms with E-state index >= 15 is 0 Å². The minimum Gasteiger partial charge on any atom is -0.383 e. The Labute approximate surface area is 78.6 Å². The fourth-order valence-electron chi connectivity index (χ4n) is 1.38. The van der Waals surface area contributed by atoms with E-state index in [1.165, 1.54) is 24.6 Å². The van der Waals surface area contributed by atoms with Gasteiger partial charge in [0.25, 0.3) is 0 Å². The molecular weight excluding hydrogens is 172 g/mol. The van der Waals surface area contributed by atoms with E-state index in [1.54, 1.807) is 7.11 Å². The number of rotatable bonds is 4. The summed E-state index contributed by atoms with van der Waals surface area (Å²) >= 11 is 2.03. The maximum absolute atomic E-state index is 5.84. The summed E-state index contributed by atoms with van der Waals surface area (Å²) in [5.41, 5.74) is 5.84. The summed E-state index contributed by atoms with van der Waals surface area (Å²) in [5, 5.41) is 0. The quantitative estimate of drug-likeness (QED) is 0.678. The lowest BCUT2D eigenvalue weighted by Gasteiger charge is -2.28. The van der Waals surface area contributed by atoms with Crippen LogP contribution in [-0.2, 0) is 4.74 Å². The molecule has 4 heteroatoms. The number of ether oxygens (including phenoxy) is 1. The Morgan fingerprint density at radius 2 is 2.17 bits per heavy atom. The molecule has 0 aromatic heterocycles. The molecule has 0 aromatic carbocycles. The molecule has 1 aliphatic rings. The lowest BCUT2D eigenvalue weighted by Crippen LogP contribution is -2.43. The van der Waals surface area contributed by atoms with Gasteiger partial charge in [-0.1, -0.05) is 0 Å². The molecule has 1 heterocycles. The van der Waals surface area contributed by atoms with E-state index in [2.05, 4.69) is 4.90 Å². The van der Waals surface area contributed by atoms with E-state index in [1.807, 2.05) is 11.8 Å². The van der Waals surface area contributed by atoms with Crippen molar-refractivity contribution in [3.05, 3.63) is 0 Å². The summed E-state index contributed by atoms with van der Waals surface area (Å²) in [6.07, 6.45) is 0. The Hall–Kier alpha value is 0.230. The molecule has 0 amide bonds. The van der Waals surface area contributed by atoms with Crippen LogP contribution >= 0.6 is 11.8 Å². The lowest BCUT2D eigenvalue weighted by atomic mass is 10.3. The van der Waals surface area contributed by atoms with Gasteiger partial charge >= 0.3 is 0 Å². The van der Waals surface area contributed by atoms with Crippen LogP contribution in [0.2, 0.25) is 0 Å². The molecule has 0 aromatic rings. The van der Waals surface area contributed by atoms with E-state index in [0.29, 0.717) is 6.61 Å². The highest BCUT2D eigenvalue weighted by atomic mass is 32.2. The number of hydrogen-bond acceptors (Lipinski definition) is 4. The third-order valence-electron chi connectivity index (χ3n) is 1.98. The van der Waals surface area contributed by atoms with Gasteiger partial charge in [0.15, 0.2) is 0 Å². The molecule has 1 aliphatic heterocycles. The summed E-state index contributed by atoms with van der Waals surface area (Å²) in [7, 11) is 1.70. The molecule has 0 aliphatic carbocycles. The van der Waals surface area contributed by atoms with Crippen molar-refractivity contribution < 1.29 is 4.74 Å². The van der Waals surface area contributed by atoms with Crippen LogP contribution in [0.15, 0.2) is 0 Å². The van der Waals surface area contributed by atoms with Gasteiger partial charge in [-0.05, 0) is 0 Å². The van der Waals surface area contributed by atoms with Crippen molar-refractivity contribution in [2.45, 2.75) is 6.04 Å². The summed E-state index contributed by atoms with van der Waals surface area (Å²) in [6, 6.07) is 0.179. The predicted molar refractivity (Wildman–Crippen MR) is 53.6 cm³/mol. The van der Waals surface area contributed by atoms with Crippen LogP contribution in [0.4, 0.5) is 0 Å². The SMILES string of the molecule is COCC(N)CN1CCSCC1. The number of thioether (sulfide) groups is 1. The normalized spacial score (nSPS) is 22.5. The molecule has 1 unspecified atom stereocenters. The standard InChI is InChI=1S/C8H18N2OS/c1-11-7-8(9)6-10-2-4-12-5-3-10/h8H,2-7,9H2,1H3. The summed E-state index contributed by atoms with van der Waals surface area (Å²) < 4.78 is 4.99. The zero-order valence-electron chi connectivity index (χ0n) is 7.66. The number of nitrogens with zero attached hydrogens (tertiary/aromatic N) is 1. The highest BCUT2D eigenvalue weighted by Gasteiger charge is 2.13. The van der Waals surface area contributed by atoms with Gasteiger partial charge in [0.2, 0.25) is 0 Å². The van der Waals surface area contributed by atoms with Crippen LogP contribution < -0.4 is 5.73 Å². The third kappa shape index (κ3) is 3.76. The molecule has 0 bridgehead atoms. The first-order chi connectivity index (χ1) is 5.83. The molecule has 12 heavy (non-hydrogen) atoms. The van der Waals surface area contributed by atoms with Crippen molar-refractivity contribution in [1.82, 2.24) is 4.90 Å². The van der Waals surface area contributed by atoms with Crippen molar-refractivity contribution in [1.29, 1.82) is 0 Å². The second-order valence-electron chi connectivity index (χ2n) is 3.13. The van der Waals surface area contributed by atoms with E-state index < -0.39 is 0 Å². The Balaban J connectivity index is 2.11. The second-order valence-corrected chi connectivity index (χ2v) is 4.35. The summed E-state index contributed by atoms with van der Waals surface area (Å²) in [5.74, 6) is 2.50. The first-order valence-electron chi connectivity index (χ1n) is 4.37. The molecule has 72 valence electrons. The number of nitrogens with two attached hydrogens (primary N) is 1. The fraction of sp³-hybridized carbons (Fsp3) is 1.00. The van der Waals surface area contributed by atoms with Gasteiger partial charge in [-0.25, -0.2) is 0 Å².